The van der Waals surface area contributed by atoms with Crippen molar-refractivity contribution >= 4 is 12.4 Å². The van der Waals surface area contributed by atoms with Crippen LogP contribution in [-0.2, 0) is 12.8 Å². The molecule has 0 unspecified atom stereocenters. The molecule has 0 bridgehead atoms. The van der Waals surface area contributed by atoms with Crippen LogP contribution in [0.3, 0.4) is 0 Å². The van der Waals surface area contributed by atoms with E-state index in [0.717, 1.165) is 48.3 Å². The molecule has 0 N–H and O–H groups in total. The van der Waals surface area contributed by atoms with Crippen LogP contribution in [0.25, 0.3) is 0 Å². The first-order valence-corrected chi connectivity index (χ1v) is 11.4. The van der Waals surface area contributed by atoms with Gasteiger partial charge in [0.2, 0.25) is 0 Å². The zero-order valence-corrected chi connectivity index (χ0v) is 21.2. The smallest absolute Gasteiger partial charge is 0.119 e. The second kappa shape index (κ2) is 11.3. The van der Waals surface area contributed by atoms with Gasteiger partial charge in [-0.3, -0.25) is 0 Å². The molecule has 0 fully saturated rings. The van der Waals surface area contributed by atoms with E-state index in [1.54, 1.807) is 14.2 Å². The Hall–Kier alpha value is -2.62. The van der Waals surface area contributed by atoms with Gasteiger partial charge in [-0.2, -0.15) is 10.2 Å². The number of aryl methyl sites for hydroxylation is 2. The van der Waals surface area contributed by atoms with Gasteiger partial charge in [-0.25, -0.2) is 0 Å². The fourth-order valence-electron chi connectivity index (χ4n) is 3.31. The Morgan fingerprint density at radius 1 is 0.656 bits per heavy atom. The average Bonchev–Trinajstić information content (AvgIpc) is 2.73. The fraction of sp³-hybridized carbons (Fsp3) is 0.500. The van der Waals surface area contributed by atoms with Crippen molar-refractivity contribution in [2.24, 2.45) is 21.0 Å². The third-order valence-corrected chi connectivity index (χ3v) is 5.45. The van der Waals surface area contributed by atoms with Gasteiger partial charge in [0.05, 0.1) is 26.6 Å². The maximum absolute atomic E-state index is 5.42. The summed E-state index contributed by atoms with van der Waals surface area (Å²) in [6, 6.07) is 12.3. The molecule has 0 heterocycles. The molecule has 0 atom stereocenters. The molecular weight excluding hydrogens is 396 g/mol. The van der Waals surface area contributed by atoms with E-state index in [2.05, 4.69) is 76.0 Å². The minimum Gasteiger partial charge on any atom is -0.497 e. The number of hydrogen-bond acceptors (Lipinski definition) is 4. The molecule has 174 valence electrons. The lowest BCUT2D eigenvalue weighted by Gasteiger charge is -2.19. The summed E-state index contributed by atoms with van der Waals surface area (Å²) in [5, 5.41) is 8.72. The van der Waals surface area contributed by atoms with Crippen molar-refractivity contribution in [2.75, 3.05) is 14.2 Å². The Balaban J connectivity index is 2.21. The van der Waals surface area contributed by atoms with Gasteiger partial charge in [0.1, 0.15) is 11.5 Å². The summed E-state index contributed by atoms with van der Waals surface area (Å²) in [5.74, 6) is 1.74. The highest BCUT2D eigenvalue weighted by Crippen LogP contribution is 2.26. The van der Waals surface area contributed by atoms with E-state index < -0.39 is 0 Å². The lowest BCUT2D eigenvalue weighted by molar-refractivity contribution is 0.377. The molecule has 32 heavy (non-hydrogen) atoms. The van der Waals surface area contributed by atoms with E-state index in [-0.39, 0.29) is 10.8 Å². The third-order valence-electron chi connectivity index (χ3n) is 5.45. The fourth-order valence-corrected chi connectivity index (χ4v) is 3.31. The van der Waals surface area contributed by atoms with Crippen molar-refractivity contribution in [3.8, 4) is 11.5 Å². The third kappa shape index (κ3) is 8.86. The monoisotopic (exact) mass is 436 g/mol. The van der Waals surface area contributed by atoms with Gasteiger partial charge in [-0.1, -0.05) is 41.5 Å². The normalized spacial score (nSPS) is 12.6. The molecule has 2 rings (SSSR count). The molecule has 4 heteroatoms. The van der Waals surface area contributed by atoms with Gasteiger partial charge >= 0.3 is 0 Å². The van der Waals surface area contributed by atoms with Crippen LogP contribution < -0.4 is 9.47 Å². The SMILES string of the molecule is COc1ccc(/C=N/N=C/c2ccc(OC)cc2CCC(C)(C)C)c(CCC(C)(C)C)c1. The topological polar surface area (TPSA) is 43.2 Å². The van der Waals surface area contributed by atoms with Crippen LogP contribution >= 0.6 is 0 Å². The Morgan fingerprint density at radius 3 is 1.34 bits per heavy atom. The van der Waals surface area contributed by atoms with Crippen molar-refractivity contribution < 1.29 is 9.47 Å². The molecule has 2 aromatic rings. The van der Waals surface area contributed by atoms with Crippen LogP contribution in [0.4, 0.5) is 0 Å². The largest absolute Gasteiger partial charge is 0.497 e. The number of rotatable bonds is 9. The van der Waals surface area contributed by atoms with Gasteiger partial charge in [0, 0.05) is 0 Å². The molecular formula is C28H40N2O2. The van der Waals surface area contributed by atoms with E-state index in [9.17, 15) is 0 Å². The quantitative estimate of drug-likeness (QED) is 0.310. The molecule has 0 aliphatic heterocycles. The van der Waals surface area contributed by atoms with Crippen molar-refractivity contribution in [1.29, 1.82) is 0 Å². The first-order chi connectivity index (χ1) is 15.0. The van der Waals surface area contributed by atoms with Crippen molar-refractivity contribution in [3.63, 3.8) is 0 Å². The standard InChI is InChI=1S/C28H40N2O2/c1-27(2,3)15-13-21-17-25(31-7)11-9-23(21)19-29-30-20-24-10-12-26(32-8)18-22(24)14-16-28(4,5)6/h9-12,17-20H,13-16H2,1-8H3/b29-19+,30-20+. The Morgan fingerprint density at radius 2 is 1.03 bits per heavy atom. The highest BCUT2D eigenvalue weighted by atomic mass is 16.5. The minimum atomic E-state index is 0.271. The number of hydrogen-bond donors (Lipinski definition) is 0. The number of methoxy groups -OCH3 is 2. The average molecular weight is 437 g/mol. The highest BCUT2D eigenvalue weighted by molar-refractivity contribution is 5.85. The van der Waals surface area contributed by atoms with Crippen LogP contribution in [0, 0.1) is 10.8 Å². The summed E-state index contributed by atoms with van der Waals surface area (Å²) in [6.45, 7) is 13.6. The number of ether oxygens (including phenoxy) is 2. The summed E-state index contributed by atoms with van der Waals surface area (Å²) in [7, 11) is 3.40. The second-order valence-electron chi connectivity index (χ2n) is 10.7. The zero-order chi connectivity index (χ0) is 23.8. The maximum Gasteiger partial charge on any atom is 0.119 e. The van der Waals surface area contributed by atoms with Crippen LogP contribution in [0.5, 0.6) is 11.5 Å². The number of benzene rings is 2. The molecule has 2 aromatic carbocycles. The Labute approximate surface area is 194 Å². The van der Waals surface area contributed by atoms with Gasteiger partial charge in [0.25, 0.3) is 0 Å². The molecule has 0 saturated carbocycles. The maximum atomic E-state index is 5.42. The van der Waals surface area contributed by atoms with Crippen LogP contribution in [-0.4, -0.2) is 26.6 Å². The second-order valence-corrected chi connectivity index (χ2v) is 10.7. The molecule has 0 aromatic heterocycles. The molecule has 0 saturated heterocycles. The van der Waals surface area contributed by atoms with E-state index >= 15 is 0 Å². The Kier molecular flexibility index (Phi) is 9.06. The zero-order valence-electron chi connectivity index (χ0n) is 21.2. The highest BCUT2D eigenvalue weighted by Gasteiger charge is 2.13. The first kappa shape index (κ1) is 25.6. The summed E-state index contributed by atoms with van der Waals surface area (Å²) < 4.78 is 10.8. The summed E-state index contributed by atoms with van der Waals surface area (Å²) in [6.07, 6.45) is 7.81. The van der Waals surface area contributed by atoms with E-state index in [4.69, 9.17) is 9.47 Å². The molecule has 0 radical (unpaired) electrons. The molecule has 4 nitrogen and oxygen atoms in total. The molecule has 0 amide bonds. The lowest BCUT2D eigenvalue weighted by atomic mass is 9.87. The van der Waals surface area contributed by atoms with Gasteiger partial charge < -0.3 is 9.47 Å². The van der Waals surface area contributed by atoms with E-state index in [1.165, 1.54) is 11.1 Å². The lowest BCUT2D eigenvalue weighted by Crippen LogP contribution is -2.08. The predicted octanol–water partition coefficient (Wildman–Crippen LogP) is 7.11. The summed E-state index contributed by atoms with van der Waals surface area (Å²) in [5.41, 5.74) is 5.16. The van der Waals surface area contributed by atoms with Crippen LogP contribution in [0.15, 0.2) is 46.6 Å². The minimum absolute atomic E-state index is 0.271. The number of nitrogens with zero attached hydrogens (tertiary/aromatic N) is 2. The molecule has 0 aliphatic carbocycles. The van der Waals surface area contributed by atoms with E-state index in [1.807, 2.05) is 24.6 Å². The first-order valence-electron chi connectivity index (χ1n) is 11.4. The summed E-state index contributed by atoms with van der Waals surface area (Å²) >= 11 is 0. The Bertz CT molecular complexity index is 854. The molecule has 0 aliphatic rings. The van der Waals surface area contributed by atoms with Gasteiger partial charge in [-0.15, -0.1) is 0 Å². The van der Waals surface area contributed by atoms with Crippen LogP contribution in [0.2, 0.25) is 0 Å². The predicted molar refractivity (Wildman–Crippen MR) is 137 cm³/mol. The van der Waals surface area contributed by atoms with Gasteiger partial charge in [-0.05, 0) is 95.2 Å². The van der Waals surface area contributed by atoms with Crippen molar-refractivity contribution in [1.82, 2.24) is 0 Å². The van der Waals surface area contributed by atoms with Gasteiger partial charge in [0.15, 0.2) is 0 Å². The summed E-state index contributed by atoms with van der Waals surface area (Å²) in [4.78, 5) is 0. The van der Waals surface area contributed by atoms with E-state index in [0.29, 0.717) is 0 Å². The van der Waals surface area contributed by atoms with Crippen molar-refractivity contribution in [3.05, 3.63) is 58.7 Å². The molecule has 0 spiro atoms. The van der Waals surface area contributed by atoms with Crippen molar-refractivity contribution in [2.45, 2.75) is 67.2 Å². The van der Waals surface area contributed by atoms with Crippen LogP contribution in [0.1, 0.15) is 76.6 Å².